The molecule has 2 aromatic carbocycles. The average molecular weight is 344 g/mol. The van der Waals surface area contributed by atoms with Gasteiger partial charge in [0.05, 0.1) is 4.90 Å². The van der Waals surface area contributed by atoms with Crippen LogP contribution in [-0.4, -0.2) is 14.7 Å². The van der Waals surface area contributed by atoms with Crippen LogP contribution in [0.25, 0.3) is 0 Å². The summed E-state index contributed by atoms with van der Waals surface area (Å²) in [5.74, 6) is 0. The Labute approximate surface area is 134 Å². The summed E-state index contributed by atoms with van der Waals surface area (Å²) in [4.78, 5) is 0.257. The molecule has 0 radical (unpaired) electrons. The van der Waals surface area contributed by atoms with Crippen LogP contribution in [0, 0.1) is 0 Å². The maximum atomic E-state index is 11.6. The number of sulfone groups is 1. The summed E-state index contributed by atoms with van der Waals surface area (Å²) in [6, 6.07) is 11.5. The summed E-state index contributed by atoms with van der Waals surface area (Å²) in [7, 11) is -3.25. The number of hydrogen-bond donors (Lipinski definition) is 1. The number of benzene rings is 2. The molecular weight excluding hydrogens is 329 g/mol. The molecule has 2 rings (SSSR count). The lowest BCUT2D eigenvalue weighted by molar-refractivity contribution is 0.601. The van der Waals surface area contributed by atoms with E-state index >= 15 is 0 Å². The molecule has 0 heterocycles. The van der Waals surface area contributed by atoms with Gasteiger partial charge in [0.15, 0.2) is 9.84 Å². The number of nitrogens with two attached hydrogens (primary N) is 1. The summed E-state index contributed by atoms with van der Waals surface area (Å²) in [6.45, 7) is 0. The van der Waals surface area contributed by atoms with Gasteiger partial charge < -0.3 is 5.73 Å². The van der Waals surface area contributed by atoms with Crippen LogP contribution in [0.3, 0.4) is 0 Å². The van der Waals surface area contributed by atoms with E-state index in [-0.39, 0.29) is 10.9 Å². The molecule has 0 aromatic heterocycles. The maximum Gasteiger partial charge on any atom is 0.175 e. The topological polar surface area (TPSA) is 60.2 Å². The SMILES string of the molecule is CS(=O)(=O)c1cccc(C(N)Cc2cc(Cl)ccc2Cl)c1. The van der Waals surface area contributed by atoms with Gasteiger partial charge in [-0.05, 0) is 47.9 Å². The van der Waals surface area contributed by atoms with Gasteiger partial charge in [0.25, 0.3) is 0 Å². The second kappa shape index (κ2) is 6.36. The first kappa shape index (κ1) is 16.3. The Balaban J connectivity index is 2.28. The largest absolute Gasteiger partial charge is 0.324 e. The zero-order chi connectivity index (χ0) is 15.6. The highest BCUT2D eigenvalue weighted by atomic mass is 35.5. The molecule has 0 saturated carbocycles. The van der Waals surface area contributed by atoms with Gasteiger partial charge >= 0.3 is 0 Å². The molecular formula is C15H15Cl2NO2S. The van der Waals surface area contributed by atoms with Crippen LogP contribution in [0.4, 0.5) is 0 Å². The zero-order valence-electron chi connectivity index (χ0n) is 11.4. The molecule has 1 atom stereocenters. The molecule has 3 nitrogen and oxygen atoms in total. The number of halogens is 2. The molecule has 0 aliphatic carbocycles. The summed E-state index contributed by atoms with van der Waals surface area (Å²) >= 11 is 12.1. The minimum Gasteiger partial charge on any atom is -0.324 e. The molecule has 21 heavy (non-hydrogen) atoms. The van der Waals surface area contributed by atoms with Gasteiger partial charge in [-0.15, -0.1) is 0 Å². The van der Waals surface area contributed by atoms with Crippen LogP contribution in [0.5, 0.6) is 0 Å². The van der Waals surface area contributed by atoms with E-state index in [0.717, 1.165) is 11.1 Å². The van der Waals surface area contributed by atoms with Crippen LogP contribution >= 0.6 is 23.2 Å². The Bertz CT molecular complexity index is 760. The van der Waals surface area contributed by atoms with Crippen molar-refractivity contribution in [3.63, 3.8) is 0 Å². The Morgan fingerprint density at radius 2 is 1.86 bits per heavy atom. The van der Waals surface area contributed by atoms with Crippen LogP contribution < -0.4 is 5.73 Å². The van der Waals surface area contributed by atoms with Gasteiger partial charge in [-0.2, -0.15) is 0 Å². The van der Waals surface area contributed by atoms with E-state index < -0.39 is 9.84 Å². The highest BCUT2D eigenvalue weighted by molar-refractivity contribution is 7.90. The number of rotatable bonds is 4. The highest BCUT2D eigenvalue weighted by Crippen LogP contribution is 2.26. The van der Waals surface area contributed by atoms with Gasteiger partial charge in [-0.1, -0.05) is 35.3 Å². The third-order valence-corrected chi connectivity index (χ3v) is 4.88. The van der Waals surface area contributed by atoms with Crippen molar-refractivity contribution >= 4 is 33.0 Å². The number of hydrogen-bond acceptors (Lipinski definition) is 3. The monoisotopic (exact) mass is 343 g/mol. The second-order valence-electron chi connectivity index (χ2n) is 4.89. The quantitative estimate of drug-likeness (QED) is 0.921. The summed E-state index contributed by atoms with van der Waals surface area (Å²) in [6.07, 6.45) is 1.65. The molecule has 0 aliphatic rings. The van der Waals surface area contributed by atoms with Gasteiger partial charge in [0.1, 0.15) is 0 Å². The first-order chi connectivity index (χ1) is 9.77. The molecule has 6 heteroatoms. The van der Waals surface area contributed by atoms with Crippen molar-refractivity contribution in [1.82, 2.24) is 0 Å². The fourth-order valence-corrected chi connectivity index (χ4v) is 3.10. The van der Waals surface area contributed by atoms with E-state index in [2.05, 4.69) is 0 Å². The van der Waals surface area contributed by atoms with E-state index in [1.54, 1.807) is 42.5 Å². The van der Waals surface area contributed by atoms with Crippen molar-refractivity contribution in [2.24, 2.45) is 5.73 Å². The van der Waals surface area contributed by atoms with Gasteiger partial charge in [0, 0.05) is 22.3 Å². The fourth-order valence-electron chi connectivity index (χ4n) is 2.03. The predicted molar refractivity (Wildman–Crippen MR) is 86.6 cm³/mol. The normalized spacial score (nSPS) is 13.1. The van der Waals surface area contributed by atoms with Crippen LogP contribution in [0.1, 0.15) is 17.2 Å². The molecule has 0 fully saturated rings. The molecule has 112 valence electrons. The Hall–Kier alpha value is -1.07. The van der Waals surface area contributed by atoms with Gasteiger partial charge in [-0.3, -0.25) is 0 Å². The third kappa shape index (κ3) is 4.20. The molecule has 1 unspecified atom stereocenters. The first-order valence-corrected chi connectivity index (χ1v) is 8.91. The predicted octanol–water partition coefficient (Wildman–Crippen LogP) is 3.64. The summed E-state index contributed by atoms with van der Waals surface area (Å²) in [5, 5.41) is 1.18. The molecule has 0 spiro atoms. The molecule has 2 N–H and O–H groups in total. The van der Waals surface area contributed by atoms with Crippen molar-refractivity contribution < 1.29 is 8.42 Å². The minimum absolute atomic E-state index is 0.257. The Morgan fingerprint density at radius 3 is 2.52 bits per heavy atom. The lowest BCUT2D eigenvalue weighted by Crippen LogP contribution is -2.14. The molecule has 0 bridgehead atoms. The Morgan fingerprint density at radius 1 is 1.14 bits per heavy atom. The van der Waals surface area contributed by atoms with Crippen LogP contribution in [0.15, 0.2) is 47.4 Å². The van der Waals surface area contributed by atoms with E-state index in [9.17, 15) is 8.42 Å². The highest BCUT2D eigenvalue weighted by Gasteiger charge is 2.13. The fraction of sp³-hybridized carbons (Fsp3) is 0.200. The van der Waals surface area contributed by atoms with Gasteiger partial charge in [-0.25, -0.2) is 8.42 Å². The molecule has 0 saturated heterocycles. The second-order valence-corrected chi connectivity index (χ2v) is 7.75. The smallest absolute Gasteiger partial charge is 0.175 e. The van der Waals surface area contributed by atoms with Crippen molar-refractivity contribution in [2.75, 3.05) is 6.26 Å². The van der Waals surface area contributed by atoms with E-state index in [4.69, 9.17) is 28.9 Å². The van der Waals surface area contributed by atoms with Crippen molar-refractivity contribution in [3.05, 3.63) is 63.6 Å². The van der Waals surface area contributed by atoms with Crippen molar-refractivity contribution in [1.29, 1.82) is 0 Å². The Kier molecular flexibility index (Phi) is 4.94. The van der Waals surface area contributed by atoms with E-state index in [0.29, 0.717) is 16.5 Å². The van der Waals surface area contributed by atoms with E-state index in [1.165, 1.54) is 6.26 Å². The minimum atomic E-state index is -3.25. The lowest BCUT2D eigenvalue weighted by Gasteiger charge is -2.14. The molecule has 0 amide bonds. The first-order valence-electron chi connectivity index (χ1n) is 6.27. The van der Waals surface area contributed by atoms with Crippen molar-refractivity contribution in [2.45, 2.75) is 17.4 Å². The van der Waals surface area contributed by atoms with Crippen LogP contribution in [-0.2, 0) is 16.3 Å². The van der Waals surface area contributed by atoms with E-state index in [1.807, 2.05) is 0 Å². The summed E-state index contributed by atoms with van der Waals surface area (Å²) in [5.41, 5.74) is 7.74. The molecule has 2 aromatic rings. The van der Waals surface area contributed by atoms with Crippen molar-refractivity contribution in [3.8, 4) is 0 Å². The van der Waals surface area contributed by atoms with Gasteiger partial charge in [0.2, 0.25) is 0 Å². The molecule has 0 aliphatic heterocycles. The third-order valence-electron chi connectivity index (χ3n) is 3.16. The zero-order valence-corrected chi connectivity index (χ0v) is 13.7. The average Bonchev–Trinajstić information content (AvgIpc) is 2.42. The van der Waals surface area contributed by atoms with Crippen LogP contribution in [0.2, 0.25) is 10.0 Å². The maximum absolute atomic E-state index is 11.6. The summed E-state index contributed by atoms with van der Waals surface area (Å²) < 4.78 is 23.2. The lowest BCUT2D eigenvalue weighted by atomic mass is 10.00. The standard InChI is InChI=1S/C15H15Cl2NO2S/c1-21(19,20)13-4-2-3-10(8-13)15(18)9-11-7-12(16)5-6-14(11)17/h2-8,15H,9,18H2,1H3.